The van der Waals surface area contributed by atoms with E-state index in [1.165, 1.54) is 17.1 Å². The maximum Gasteiger partial charge on any atom is 0.270 e. The van der Waals surface area contributed by atoms with Crippen molar-refractivity contribution in [3.63, 3.8) is 0 Å². The molecule has 192 valence electrons. The van der Waals surface area contributed by atoms with Gasteiger partial charge in [0.15, 0.2) is 0 Å². The number of nitro benzene ring substituents is 1. The second kappa shape index (κ2) is 10.3. The predicted molar refractivity (Wildman–Crippen MR) is 146 cm³/mol. The highest BCUT2D eigenvalue weighted by Gasteiger charge is 2.41. The second-order valence-corrected chi connectivity index (χ2v) is 10.1. The van der Waals surface area contributed by atoms with Crippen molar-refractivity contribution in [3.8, 4) is 0 Å². The summed E-state index contributed by atoms with van der Waals surface area (Å²) in [6, 6.07) is 17.3. The van der Waals surface area contributed by atoms with Crippen molar-refractivity contribution in [1.29, 1.82) is 0 Å². The van der Waals surface area contributed by atoms with E-state index in [0.29, 0.717) is 35.6 Å². The number of rotatable bonds is 5. The van der Waals surface area contributed by atoms with Gasteiger partial charge in [0.2, 0.25) is 0 Å². The van der Waals surface area contributed by atoms with Gasteiger partial charge in [0.25, 0.3) is 23.4 Å². The summed E-state index contributed by atoms with van der Waals surface area (Å²) in [5, 5.41) is 19.4. The number of piperidine rings is 1. The van der Waals surface area contributed by atoms with Crippen molar-refractivity contribution < 1.29 is 19.3 Å². The van der Waals surface area contributed by atoms with Crippen LogP contribution in [-0.2, 0) is 4.79 Å². The first-order valence-electron chi connectivity index (χ1n) is 11.5. The molecule has 1 N–H and O–H groups in total. The zero-order valence-electron chi connectivity index (χ0n) is 19.6. The number of nitro groups is 1. The Morgan fingerprint density at radius 1 is 1.11 bits per heavy atom. The Kier molecular flexibility index (Phi) is 6.96. The van der Waals surface area contributed by atoms with Crippen LogP contribution >= 0.6 is 27.5 Å². The molecule has 1 saturated heterocycles. The molecule has 5 rings (SSSR count). The van der Waals surface area contributed by atoms with Crippen molar-refractivity contribution in [1.82, 2.24) is 4.90 Å². The standard InChI is InChI=1S/C26H19BrClN5O5/c27-16-6-4-15(5-7-16)25(35)31-11-10-23-21(14-31)26(36)32(30-23)18-3-1-2-17(12-18)29-24(34)20-9-8-19(33(37)38)13-22(20)28/h1-9,12-13,21H,10-11,14H2,(H,29,34). The molecule has 3 amide bonds. The van der Waals surface area contributed by atoms with Gasteiger partial charge in [-0.25, -0.2) is 5.01 Å². The zero-order chi connectivity index (χ0) is 27.0. The lowest BCUT2D eigenvalue weighted by atomic mass is 9.95. The molecule has 38 heavy (non-hydrogen) atoms. The Morgan fingerprint density at radius 2 is 1.87 bits per heavy atom. The van der Waals surface area contributed by atoms with Gasteiger partial charge in [-0.05, 0) is 48.5 Å². The summed E-state index contributed by atoms with van der Waals surface area (Å²) in [4.78, 5) is 51.0. The van der Waals surface area contributed by atoms with Gasteiger partial charge in [0.1, 0.15) is 0 Å². The summed E-state index contributed by atoms with van der Waals surface area (Å²) in [6.45, 7) is 0.690. The summed E-state index contributed by atoms with van der Waals surface area (Å²) in [5.41, 5.74) is 1.95. The average Bonchev–Trinajstić information content (AvgIpc) is 3.24. The molecule has 1 unspecified atom stereocenters. The smallest absolute Gasteiger partial charge is 0.270 e. The number of hydrogen-bond donors (Lipinski definition) is 1. The zero-order valence-corrected chi connectivity index (χ0v) is 22.0. The van der Waals surface area contributed by atoms with Crippen LogP contribution in [0.2, 0.25) is 5.02 Å². The highest BCUT2D eigenvalue weighted by molar-refractivity contribution is 9.10. The minimum Gasteiger partial charge on any atom is -0.337 e. The molecular weight excluding hydrogens is 578 g/mol. The molecule has 2 aliphatic rings. The molecule has 0 aliphatic carbocycles. The second-order valence-electron chi connectivity index (χ2n) is 8.73. The van der Waals surface area contributed by atoms with Gasteiger partial charge in [-0.1, -0.05) is 33.6 Å². The minimum absolute atomic E-state index is 0.0553. The molecule has 3 aromatic rings. The molecule has 0 aromatic heterocycles. The number of amides is 3. The lowest BCUT2D eigenvalue weighted by Gasteiger charge is -2.30. The van der Waals surface area contributed by atoms with E-state index in [9.17, 15) is 24.5 Å². The summed E-state index contributed by atoms with van der Waals surface area (Å²) in [6.07, 6.45) is 0.476. The van der Waals surface area contributed by atoms with Crippen molar-refractivity contribution in [2.75, 3.05) is 23.4 Å². The third kappa shape index (κ3) is 5.02. The van der Waals surface area contributed by atoms with Crippen LogP contribution in [0.4, 0.5) is 17.1 Å². The quantitative estimate of drug-likeness (QED) is 0.323. The molecule has 0 radical (unpaired) electrons. The van der Waals surface area contributed by atoms with E-state index >= 15 is 0 Å². The fourth-order valence-corrected chi connectivity index (χ4v) is 4.89. The van der Waals surface area contributed by atoms with Crippen LogP contribution in [-0.4, -0.2) is 46.3 Å². The molecule has 3 aromatic carbocycles. The number of fused-ring (bicyclic) bond motifs is 1. The SMILES string of the molecule is O=C(Nc1cccc(N2N=C3CCN(C(=O)c4ccc(Br)cc4)CC3C2=O)c1)c1ccc([N+](=O)[O-])cc1Cl. The largest absolute Gasteiger partial charge is 0.337 e. The maximum atomic E-state index is 13.3. The van der Waals surface area contributed by atoms with Crippen LogP contribution in [0.1, 0.15) is 27.1 Å². The summed E-state index contributed by atoms with van der Waals surface area (Å²) in [7, 11) is 0. The number of anilines is 2. The number of likely N-dealkylation sites (tertiary alicyclic amines) is 1. The molecule has 1 fully saturated rings. The van der Waals surface area contributed by atoms with Crippen molar-refractivity contribution >= 4 is 68.0 Å². The van der Waals surface area contributed by atoms with Gasteiger partial charge >= 0.3 is 0 Å². The first-order chi connectivity index (χ1) is 18.2. The first-order valence-corrected chi connectivity index (χ1v) is 12.7. The van der Waals surface area contributed by atoms with Crippen LogP contribution in [0.5, 0.6) is 0 Å². The number of hydrazone groups is 1. The molecule has 10 nitrogen and oxygen atoms in total. The fraction of sp³-hybridized carbons (Fsp3) is 0.154. The van der Waals surface area contributed by atoms with Crippen LogP contribution < -0.4 is 10.3 Å². The first kappa shape index (κ1) is 25.6. The minimum atomic E-state index is -0.598. The van der Waals surface area contributed by atoms with Crippen LogP contribution in [0, 0.1) is 16.0 Å². The summed E-state index contributed by atoms with van der Waals surface area (Å²) >= 11 is 9.43. The van der Waals surface area contributed by atoms with Gasteiger partial charge in [-0.3, -0.25) is 24.5 Å². The van der Waals surface area contributed by atoms with Crippen molar-refractivity contribution in [2.24, 2.45) is 11.0 Å². The number of carbonyl (C=O) groups excluding carboxylic acids is 3. The van der Waals surface area contributed by atoms with Crippen molar-refractivity contribution in [2.45, 2.75) is 6.42 Å². The van der Waals surface area contributed by atoms with E-state index in [1.807, 2.05) is 0 Å². The molecular formula is C26H19BrClN5O5. The average molecular weight is 597 g/mol. The number of halogens is 2. The summed E-state index contributed by atoms with van der Waals surface area (Å²) < 4.78 is 0.873. The maximum absolute atomic E-state index is 13.3. The molecule has 0 bridgehead atoms. The molecule has 12 heteroatoms. The molecule has 0 spiro atoms. The van der Waals surface area contributed by atoms with Crippen LogP contribution in [0.25, 0.3) is 0 Å². The van der Waals surface area contributed by atoms with Gasteiger partial charge in [0.05, 0.1) is 32.8 Å². The Balaban J connectivity index is 1.29. The normalized spacial score (nSPS) is 16.6. The highest BCUT2D eigenvalue weighted by Crippen LogP contribution is 2.31. The number of non-ortho nitro benzene ring substituents is 1. The number of hydrogen-bond acceptors (Lipinski definition) is 6. The lowest BCUT2D eigenvalue weighted by molar-refractivity contribution is -0.384. The fourth-order valence-electron chi connectivity index (χ4n) is 4.37. The molecule has 1 atom stereocenters. The number of benzene rings is 3. The van der Waals surface area contributed by atoms with E-state index in [2.05, 4.69) is 26.3 Å². The number of carbonyl (C=O) groups is 3. The van der Waals surface area contributed by atoms with Gasteiger partial charge < -0.3 is 10.2 Å². The third-order valence-corrected chi connectivity index (χ3v) is 7.15. The Labute approximate surface area is 230 Å². The van der Waals surface area contributed by atoms with Crippen LogP contribution in [0.15, 0.2) is 76.3 Å². The number of nitrogens with zero attached hydrogens (tertiary/aromatic N) is 4. The van der Waals surface area contributed by atoms with Gasteiger partial charge in [0, 0.05) is 47.4 Å². The number of nitrogens with one attached hydrogen (secondary N) is 1. The van der Waals surface area contributed by atoms with Gasteiger partial charge in [-0.2, -0.15) is 5.10 Å². The summed E-state index contributed by atoms with van der Waals surface area (Å²) in [5.74, 6) is -1.50. The Hall–Kier alpha value is -4.09. The van der Waals surface area contributed by atoms with E-state index in [4.69, 9.17) is 11.6 Å². The lowest BCUT2D eigenvalue weighted by Crippen LogP contribution is -2.46. The molecule has 2 aliphatic heterocycles. The van der Waals surface area contributed by atoms with E-state index in [1.54, 1.807) is 53.4 Å². The topological polar surface area (TPSA) is 125 Å². The predicted octanol–water partition coefficient (Wildman–Crippen LogP) is 5.13. The molecule has 0 saturated carbocycles. The third-order valence-electron chi connectivity index (χ3n) is 6.31. The van der Waals surface area contributed by atoms with E-state index in [0.717, 1.165) is 10.5 Å². The van der Waals surface area contributed by atoms with E-state index in [-0.39, 0.29) is 34.6 Å². The van der Waals surface area contributed by atoms with Gasteiger partial charge in [-0.15, -0.1) is 0 Å². The molecule has 2 heterocycles. The Bertz CT molecular complexity index is 1510. The highest BCUT2D eigenvalue weighted by atomic mass is 79.9. The van der Waals surface area contributed by atoms with Crippen molar-refractivity contribution in [3.05, 3.63) is 97.5 Å². The van der Waals surface area contributed by atoms with E-state index < -0.39 is 16.7 Å². The monoisotopic (exact) mass is 595 g/mol. The van der Waals surface area contributed by atoms with Crippen LogP contribution in [0.3, 0.4) is 0 Å². The Morgan fingerprint density at radius 3 is 2.58 bits per heavy atom.